The Hall–Kier alpha value is -0.810. The third-order valence-corrected chi connectivity index (χ3v) is 3.72. The molecule has 5 heteroatoms. The molecular formula is C10H15N3OS. The zero-order chi connectivity index (χ0) is 11.1. The highest BCUT2D eigenvalue weighted by Crippen LogP contribution is 2.21. The monoisotopic (exact) mass is 225 g/mol. The number of aromatic nitrogens is 2. The fraction of sp³-hybridized carbons (Fsp3) is 0.600. The van der Waals surface area contributed by atoms with Crippen molar-refractivity contribution >= 4 is 17.1 Å². The van der Waals surface area contributed by atoms with Crippen LogP contribution in [-0.2, 0) is 17.9 Å². The van der Waals surface area contributed by atoms with E-state index in [-0.39, 0.29) is 4.75 Å². The summed E-state index contributed by atoms with van der Waals surface area (Å²) >= 11 is -1.17. The number of fused-ring (bicyclic) bond motifs is 1. The van der Waals surface area contributed by atoms with Gasteiger partial charge >= 0.3 is 0 Å². The topological polar surface area (TPSA) is 53.2 Å². The van der Waals surface area contributed by atoms with Crippen molar-refractivity contribution in [1.82, 2.24) is 9.78 Å². The van der Waals surface area contributed by atoms with Crippen LogP contribution in [0.25, 0.3) is 0 Å². The van der Waals surface area contributed by atoms with Gasteiger partial charge in [0.1, 0.15) is 21.8 Å². The van der Waals surface area contributed by atoms with Gasteiger partial charge in [-0.3, -0.25) is 4.68 Å². The quantitative estimate of drug-likeness (QED) is 0.681. The lowest BCUT2D eigenvalue weighted by molar-refractivity contribution is 0.561. The van der Waals surface area contributed by atoms with E-state index in [1.807, 2.05) is 31.5 Å². The van der Waals surface area contributed by atoms with E-state index in [4.69, 9.17) is 0 Å². The first-order valence-electron chi connectivity index (χ1n) is 5.00. The van der Waals surface area contributed by atoms with Crippen LogP contribution in [0.15, 0.2) is 16.7 Å². The lowest BCUT2D eigenvalue weighted by Gasteiger charge is -2.18. The Bertz CT molecular complexity index is 392. The summed E-state index contributed by atoms with van der Waals surface area (Å²) < 4.78 is 17.7. The van der Waals surface area contributed by atoms with Crippen LogP contribution in [0, 0.1) is 0 Å². The van der Waals surface area contributed by atoms with E-state index in [0.29, 0.717) is 0 Å². The zero-order valence-electron chi connectivity index (χ0n) is 9.23. The van der Waals surface area contributed by atoms with Crippen molar-refractivity contribution in [2.24, 2.45) is 4.40 Å². The molecule has 0 aromatic carbocycles. The van der Waals surface area contributed by atoms with E-state index in [9.17, 15) is 4.55 Å². The van der Waals surface area contributed by atoms with Gasteiger partial charge in [-0.05, 0) is 26.8 Å². The molecule has 15 heavy (non-hydrogen) atoms. The summed E-state index contributed by atoms with van der Waals surface area (Å²) in [6.07, 6.45) is 2.59. The molecular weight excluding hydrogens is 210 g/mol. The average Bonchev–Trinajstić information content (AvgIpc) is 2.67. The van der Waals surface area contributed by atoms with Gasteiger partial charge in [0.15, 0.2) is 0 Å². The molecule has 0 spiro atoms. The van der Waals surface area contributed by atoms with E-state index in [1.165, 1.54) is 0 Å². The van der Waals surface area contributed by atoms with Crippen LogP contribution in [-0.4, -0.2) is 24.8 Å². The Morgan fingerprint density at radius 2 is 2.27 bits per heavy atom. The molecule has 0 saturated carbocycles. The Morgan fingerprint density at radius 3 is 2.93 bits per heavy atom. The first kappa shape index (κ1) is 10.7. The number of hydrogen-bond acceptors (Lipinski definition) is 3. The van der Waals surface area contributed by atoms with Gasteiger partial charge < -0.3 is 4.55 Å². The van der Waals surface area contributed by atoms with Crippen LogP contribution >= 0.6 is 0 Å². The highest BCUT2D eigenvalue weighted by Gasteiger charge is 2.29. The Kier molecular flexibility index (Phi) is 2.60. The van der Waals surface area contributed by atoms with Crippen LogP contribution < -0.4 is 0 Å². The molecule has 1 unspecified atom stereocenters. The maximum absolute atomic E-state index is 11.8. The minimum atomic E-state index is -1.17. The van der Waals surface area contributed by atoms with Crippen LogP contribution in [0.5, 0.6) is 0 Å². The second-order valence-corrected chi connectivity index (χ2v) is 6.49. The molecule has 0 amide bonds. The van der Waals surface area contributed by atoms with Gasteiger partial charge in [0, 0.05) is 19.2 Å². The van der Waals surface area contributed by atoms with E-state index in [0.717, 1.165) is 24.4 Å². The molecule has 0 aliphatic carbocycles. The van der Waals surface area contributed by atoms with Gasteiger partial charge in [-0.25, -0.2) is 0 Å². The van der Waals surface area contributed by atoms with Crippen molar-refractivity contribution in [3.05, 3.63) is 18.0 Å². The summed E-state index contributed by atoms with van der Waals surface area (Å²) in [6.45, 7) is 6.64. The summed E-state index contributed by atoms with van der Waals surface area (Å²) in [5, 5.41) is 4.15. The van der Waals surface area contributed by atoms with E-state index in [2.05, 4.69) is 9.50 Å². The highest BCUT2D eigenvalue weighted by atomic mass is 32.2. The Balaban J connectivity index is 2.24. The first-order chi connectivity index (χ1) is 6.98. The Labute approximate surface area is 92.7 Å². The molecule has 82 valence electrons. The van der Waals surface area contributed by atoms with Gasteiger partial charge in [-0.1, -0.05) is 4.40 Å². The number of rotatable bonds is 1. The van der Waals surface area contributed by atoms with Gasteiger partial charge in [0.2, 0.25) is 0 Å². The van der Waals surface area contributed by atoms with Crippen molar-refractivity contribution in [3.63, 3.8) is 0 Å². The number of aryl methyl sites for hydroxylation is 1. The van der Waals surface area contributed by atoms with Gasteiger partial charge in [-0.2, -0.15) is 5.10 Å². The molecule has 1 aliphatic rings. The minimum Gasteiger partial charge on any atom is -0.591 e. The highest BCUT2D eigenvalue weighted by molar-refractivity contribution is 7.91. The molecule has 0 saturated heterocycles. The van der Waals surface area contributed by atoms with Crippen LogP contribution in [0.4, 0.5) is 0 Å². The summed E-state index contributed by atoms with van der Waals surface area (Å²) in [5.74, 6) is 0. The third kappa shape index (κ3) is 2.08. The third-order valence-electron chi connectivity index (χ3n) is 2.29. The largest absolute Gasteiger partial charge is 0.591 e. The van der Waals surface area contributed by atoms with Crippen molar-refractivity contribution in [1.29, 1.82) is 0 Å². The molecule has 0 radical (unpaired) electrons. The first-order valence-corrected chi connectivity index (χ1v) is 6.11. The van der Waals surface area contributed by atoms with E-state index < -0.39 is 11.4 Å². The predicted molar refractivity (Wildman–Crippen MR) is 61.3 cm³/mol. The molecule has 1 aromatic heterocycles. The molecule has 4 nitrogen and oxygen atoms in total. The van der Waals surface area contributed by atoms with Crippen LogP contribution in [0.3, 0.4) is 0 Å². The van der Waals surface area contributed by atoms with Gasteiger partial charge in [0.05, 0.1) is 5.69 Å². The predicted octanol–water partition coefficient (Wildman–Crippen LogP) is 1.54. The van der Waals surface area contributed by atoms with Crippen LogP contribution in [0.2, 0.25) is 0 Å². The van der Waals surface area contributed by atoms with Crippen molar-refractivity contribution in [2.45, 2.75) is 38.5 Å². The fourth-order valence-electron chi connectivity index (χ4n) is 1.43. The van der Waals surface area contributed by atoms with Gasteiger partial charge in [-0.15, -0.1) is 0 Å². The molecule has 2 heterocycles. The molecule has 0 bridgehead atoms. The molecule has 1 aromatic rings. The lowest BCUT2D eigenvalue weighted by atomic mass is 10.2. The maximum Gasteiger partial charge on any atom is 0.144 e. The van der Waals surface area contributed by atoms with Crippen molar-refractivity contribution < 1.29 is 4.55 Å². The summed E-state index contributed by atoms with van der Waals surface area (Å²) in [7, 11) is 0. The molecule has 0 fully saturated rings. The summed E-state index contributed by atoms with van der Waals surface area (Å²) in [4.78, 5) is 0. The second-order valence-electron chi connectivity index (χ2n) is 4.59. The normalized spacial score (nSPS) is 20.7. The zero-order valence-corrected chi connectivity index (χ0v) is 10.0. The smallest absolute Gasteiger partial charge is 0.144 e. The molecule has 0 N–H and O–H groups in total. The van der Waals surface area contributed by atoms with E-state index >= 15 is 0 Å². The average molecular weight is 225 g/mol. The van der Waals surface area contributed by atoms with Gasteiger partial charge in [0.25, 0.3) is 0 Å². The standard InChI is InChI=1S/C10H15N3OS/c1-10(2,3)15(14)12-8-5-7-13-9(8)4-6-11-13/h4,6H,5,7H2,1-3H3. The second kappa shape index (κ2) is 3.64. The molecule has 1 atom stereocenters. The SMILES string of the molecule is CC(C)(C)[S+]([O-])N=C1CCn2nccc21. The fourth-order valence-corrected chi connectivity index (χ4v) is 2.08. The molecule has 1 aliphatic heterocycles. The van der Waals surface area contributed by atoms with Crippen LogP contribution in [0.1, 0.15) is 32.9 Å². The van der Waals surface area contributed by atoms with E-state index in [1.54, 1.807) is 6.20 Å². The summed E-state index contributed by atoms with van der Waals surface area (Å²) in [5.41, 5.74) is 1.92. The minimum absolute atomic E-state index is 0.291. The molecule has 2 rings (SSSR count). The maximum atomic E-state index is 11.8. The van der Waals surface area contributed by atoms with Crippen molar-refractivity contribution in [2.75, 3.05) is 0 Å². The number of nitrogens with zero attached hydrogens (tertiary/aromatic N) is 3. The summed E-state index contributed by atoms with van der Waals surface area (Å²) in [6, 6.07) is 1.92. The lowest BCUT2D eigenvalue weighted by Crippen LogP contribution is -2.26. The van der Waals surface area contributed by atoms with Crippen molar-refractivity contribution in [3.8, 4) is 0 Å². The number of hydrogen-bond donors (Lipinski definition) is 0. The Morgan fingerprint density at radius 1 is 1.53 bits per heavy atom.